The SMILES string of the molecule is CC(C)C[C@@H]1N[C@H]1[C@@H](/C=C/c1ccccc1)N1CCOCC1. The molecule has 3 atom stereocenters. The van der Waals surface area contributed by atoms with Crippen LogP contribution in [0, 0.1) is 5.92 Å². The van der Waals surface area contributed by atoms with Crippen LogP contribution in [-0.2, 0) is 4.74 Å². The van der Waals surface area contributed by atoms with E-state index in [1.165, 1.54) is 12.0 Å². The van der Waals surface area contributed by atoms with E-state index in [9.17, 15) is 0 Å². The molecule has 2 heterocycles. The highest BCUT2D eigenvalue weighted by Crippen LogP contribution is 2.27. The summed E-state index contributed by atoms with van der Waals surface area (Å²) >= 11 is 0. The van der Waals surface area contributed by atoms with Crippen LogP contribution in [0.4, 0.5) is 0 Å². The number of nitrogens with zero attached hydrogens (tertiary/aromatic N) is 1. The first kappa shape index (κ1) is 15.7. The van der Waals surface area contributed by atoms with E-state index in [1.54, 1.807) is 0 Å². The minimum Gasteiger partial charge on any atom is -0.379 e. The highest BCUT2D eigenvalue weighted by molar-refractivity contribution is 5.50. The zero-order chi connectivity index (χ0) is 15.4. The van der Waals surface area contributed by atoms with Crippen LogP contribution >= 0.6 is 0 Å². The Morgan fingerprint density at radius 3 is 2.64 bits per heavy atom. The van der Waals surface area contributed by atoms with Gasteiger partial charge in [-0.1, -0.05) is 56.3 Å². The van der Waals surface area contributed by atoms with Crippen LogP contribution < -0.4 is 5.32 Å². The predicted molar refractivity (Wildman–Crippen MR) is 91.8 cm³/mol. The molecule has 0 saturated carbocycles. The smallest absolute Gasteiger partial charge is 0.0594 e. The lowest BCUT2D eigenvalue weighted by Gasteiger charge is -2.32. The molecule has 22 heavy (non-hydrogen) atoms. The van der Waals surface area contributed by atoms with Crippen molar-refractivity contribution in [3.8, 4) is 0 Å². The minimum atomic E-state index is 0.479. The summed E-state index contributed by atoms with van der Waals surface area (Å²) in [6.45, 7) is 8.41. The number of rotatable bonds is 6. The summed E-state index contributed by atoms with van der Waals surface area (Å²) in [5.74, 6) is 0.756. The molecular weight excluding hydrogens is 272 g/mol. The molecule has 0 aromatic heterocycles. The lowest BCUT2D eigenvalue weighted by Crippen LogP contribution is -2.46. The molecule has 120 valence electrons. The van der Waals surface area contributed by atoms with Gasteiger partial charge in [-0.05, 0) is 17.9 Å². The zero-order valence-electron chi connectivity index (χ0n) is 13.7. The number of hydrogen-bond acceptors (Lipinski definition) is 3. The highest BCUT2D eigenvalue weighted by Gasteiger charge is 2.43. The van der Waals surface area contributed by atoms with Crippen molar-refractivity contribution >= 4 is 6.08 Å². The monoisotopic (exact) mass is 300 g/mol. The van der Waals surface area contributed by atoms with Gasteiger partial charge < -0.3 is 10.1 Å². The molecule has 1 N–H and O–H groups in total. The van der Waals surface area contributed by atoms with E-state index in [0.717, 1.165) is 32.2 Å². The van der Waals surface area contributed by atoms with E-state index < -0.39 is 0 Å². The average molecular weight is 300 g/mol. The van der Waals surface area contributed by atoms with Gasteiger partial charge in [-0.3, -0.25) is 4.90 Å². The van der Waals surface area contributed by atoms with Crippen molar-refractivity contribution < 1.29 is 4.74 Å². The molecular formula is C19H28N2O. The fourth-order valence-electron chi connectivity index (χ4n) is 3.37. The summed E-state index contributed by atoms with van der Waals surface area (Å²) in [6, 6.07) is 12.3. The summed E-state index contributed by atoms with van der Waals surface area (Å²) in [5, 5.41) is 3.70. The molecule has 0 amide bonds. The van der Waals surface area contributed by atoms with Gasteiger partial charge in [0.15, 0.2) is 0 Å². The van der Waals surface area contributed by atoms with Crippen LogP contribution in [0.25, 0.3) is 6.08 Å². The quantitative estimate of drug-likeness (QED) is 0.820. The summed E-state index contributed by atoms with van der Waals surface area (Å²) in [4.78, 5) is 2.57. The van der Waals surface area contributed by atoms with Crippen LogP contribution in [0.15, 0.2) is 36.4 Å². The number of morpholine rings is 1. The lowest BCUT2D eigenvalue weighted by atomic mass is 10.0. The molecule has 0 aliphatic carbocycles. The molecule has 3 nitrogen and oxygen atoms in total. The summed E-state index contributed by atoms with van der Waals surface area (Å²) in [7, 11) is 0. The maximum Gasteiger partial charge on any atom is 0.0594 e. The second-order valence-electron chi connectivity index (χ2n) is 6.84. The molecule has 1 aromatic rings. The van der Waals surface area contributed by atoms with E-state index in [-0.39, 0.29) is 0 Å². The Bertz CT molecular complexity index is 479. The largest absolute Gasteiger partial charge is 0.379 e. The fraction of sp³-hybridized carbons (Fsp3) is 0.579. The van der Waals surface area contributed by atoms with E-state index in [1.807, 2.05) is 0 Å². The molecule has 1 aromatic carbocycles. The molecule has 0 spiro atoms. The molecule has 2 aliphatic heterocycles. The molecule has 2 fully saturated rings. The second-order valence-corrected chi connectivity index (χ2v) is 6.84. The van der Waals surface area contributed by atoms with E-state index >= 15 is 0 Å². The van der Waals surface area contributed by atoms with Gasteiger partial charge in [0, 0.05) is 31.2 Å². The van der Waals surface area contributed by atoms with Gasteiger partial charge in [0.25, 0.3) is 0 Å². The molecule has 2 saturated heterocycles. The Hall–Kier alpha value is -1.16. The number of hydrogen-bond donors (Lipinski definition) is 1. The Morgan fingerprint density at radius 1 is 1.23 bits per heavy atom. The first-order chi connectivity index (χ1) is 10.7. The average Bonchev–Trinajstić information content (AvgIpc) is 3.28. The van der Waals surface area contributed by atoms with Gasteiger partial charge in [-0.2, -0.15) is 0 Å². The zero-order valence-corrected chi connectivity index (χ0v) is 13.7. The third-order valence-electron chi connectivity index (χ3n) is 4.58. The van der Waals surface area contributed by atoms with Crippen LogP contribution in [0.5, 0.6) is 0 Å². The Balaban J connectivity index is 1.68. The van der Waals surface area contributed by atoms with Crippen molar-refractivity contribution in [1.82, 2.24) is 10.2 Å². The minimum absolute atomic E-state index is 0.479. The maximum absolute atomic E-state index is 5.52. The Kier molecular flexibility index (Phi) is 5.29. The Morgan fingerprint density at radius 2 is 1.95 bits per heavy atom. The third-order valence-corrected chi connectivity index (χ3v) is 4.58. The number of benzene rings is 1. The van der Waals surface area contributed by atoms with Gasteiger partial charge in [0.05, 0.1) is 13.2 Å². The maximum atomic E-state index is 5.52. The Labute approximate surface area is 134 Å². The molecule has 0 radical (unpaired) electrons. The van der Waals surface area contributed by atoms with E-state index in [2.05, 4.69) is 66.5 Å². The fourth-order valence-corrected chi connectivity index (χ4v) is 3.37. The van der Waals surface area contributed by atoms with Crippen molar-refractivity contribution in [2.75, 3.05) is 26.3 Å². The van der Waals surface area contributed by atoms with Gasteiger partial charge >= 0.3 is 0 Å². The molecule has 2 aliphatic rings. The summed E-state index contributed by atoms with van der Waals surface area (Å²) in [5.41, 5.74) is 1.28. The highest BCUT2D eigenvalue weighted by atomic mass is 16.5. The van der Waals surface area contributed by atoms with Crippen LogP contribution in [0.2, 0.25) is 0 Å². The topological polar surface area (TPSA) is 34.4 Å². The summed E-state index contributed by atoms with van der Waals surface area (Å²) < 4.78 is 5.52. The first-order valence-corrected chi connectivity index (χ1v) is 8.55. The second kappa shape index (κ2) is 7.40. The molecule has 3 rings (SSSR count). The van der Waals surface area contributed by atoms with Gasteiger partial charge in [0.1, 0.15) is 0 Å². The number of nitrogens with one attached hydrogen (secondary N) is 1. The molecule has 0 unspecified atom stereocenters. The van der Waals surface area contributed by atoms with Crippen molar-refractivity contribution in [1.29, 1.82) is 0 Å². The molecule has 3 heteroatoms. The van der Waals surface area contributed by atoms with Crippen molar-refractivity contribution in [2.24, 2.45) is 5.92 Å². The van der Waals surface area contributed by atoms with Crippen LogP contribution in [-0.4, -0.2) is 49.3 Å². The van der Waals surface area contributed by atoms with Crippen LogP contribution in [0.3, 0.4) is 0 Å². The normalized spacial score (nSPS) is 27.4. The van der Waals surface area contributed by atoms with E-state index in [4.69, 9.17) is 4.74 Å². The first-order valence-electron chi connectivity index (χ1n) is 8.55. The van der Waals surface area contributed by atoms with Gasteiger partial charge in [0.2, 0.25) is 0 Å². The third kappa shape index (κ3) is 4.19. The van der Waals surface area contributed by atoms with Crippen LogP contribution in [0.1, 0.15) is 25.8 Å². The van der Waals surface area contributed by atoms with Gasteiger partial charge in [-0.15, -0.1) is 0 Å². The van der Waals surface area contributed by atoms with Crippen molar-refractivity contribution in [3.63, 3.8) is 0 Å². The number of ether oxygens (including phenoxy) is 1. The molecule has 0 bridgehead atoms. The van der Waals surface area contributed by atoms with Crippen molar-refractivity contribution in [2.45, 2.75) is 38.4 Å². The summed E-state index contributed by atoms with van der Waals surface area (Å²) in [6.07, 6.45) is 5.93. The van der Waals surface area contributed by atoms with Crippen molar-refractivity contribution in [3.05, 3.63) is 42.0 Å². The van der Waals surface area contributed by atoms with Gasteiger partial charge in [-0.25, -0.2) is 0 Å². The predicted octanol–water partition coefficient (Wildman–Crippen LogP) is 2.79. The van der Waals surface area contributed by atoms with E-state index in [0.29, 0.717) is 18.1 Å². The standard InChI is InChI=1S/C19H28N2O/c1-15(2)14-17-19(20-17)18(21-10-12-22-13-11-21)9-8-16-6-4-3-5-7-16/h3-9,15,17-20H,10-14H2,1-2H3/b9-8+/t17-,18+,19+/m0/s1. The lowest BCUT2D eigenvalue weighted by molar-refractivity contribution is 0.0251.